The molecular weight excluding hydrogens is 391 g/mol. The van der Waals surface area contributed by atoms with Crippen molar-refractivity contribution in [3.8, 4) is 0 Å². The number of nitrogens with one attached hydrogen (secondary N) is 2. The van der Waals surface area contributed by atoms with Crippen molar-refractivity contribution in [2.24, 2.45) is 4.99 Å². The number of carbonyl (C=O) groups is 1. The van der Waals surface area contributed by atoms with E-state index in [1.54, 1.807) is 53.7 Å². The van der Waals surface area contributed by atoms with E-state index in [0.29, 0.717) is 24.2 Å². The van der Waals surface area contributed by atoms with Crippen LogP contribution in [0.15, 0.2) is 59.6 Å². The lowest BCUT2D eigenvalue weighted by Crippen LogP contribution is -2.55. The van der Waals surface area contributed by atoms with Gasteiger partial charge in [0.2, 0.25) is 5.96 Å². The van der Waals surface area contributed by atoms with Gasteiger partial charge in [-0.15, -0.1) is 0 Å². The number of hydrogen-bond acceptors (Lipinski definition) is 5. The van der Waals surface area contributed by atoms with Gasteiger partial charge in [0, 0.05) is 34.9 Å². The molecule has 1 saturated heterocycles. The summed E-state index contributed by atoms with van der Waals surface area (Å²) in [5, 5.41) is 2.87. The summed E-state index contributed by atoms with van der Waals surface area (Å²) in [5.41, 5.74) is -0.115. The number of halogens is 1. The molecule has 2 aromatic carbocycles. The lowest BCUT2D eigenvalue weighted by atomic mass is 9.94. The summed E-state index contributed by atoms with van der Waals surface area (Å²) >= 11 is 0. The largest absolute Gasteiger partial charge is 0.321 e. The van der Waals surface area contributed by atoms with Crippen molar-refractivity contribution in [1.82, 2.24) is 14.3 Å². The van der Waals surface area contributed by atoms with E-state index in [0.717, 1.165) is 12.8 Å². The Morgan fingerprint density at radius 1 is 1.21 bits per heavy atom. The molecule has 154 valence electrons. The van der Waals surface area contributed by atoms with E-state index in [-0.39, 0.29) is 23.4 Å². The van der Waals surface area contributed by atoms with Gasteiger partial charge in [-0.25, -0.2) is 14.1 Å². The number of amides is 1. The van der Waals surface area contributed by atoms with Crippen molar-refractivity contribution >= 4 is 22.5 Å². The fraction of sp³-hybridized carbons (Fsp3) is 0.333. The summed E-state index contributed by atoms with van der Waals surface area (Å²) in [6.07, 6.45) is 1.76. The molecule has 0 radical (unpaired) electrons. The number of rotatable bonds is 2. The van der Waals surface area contributed by atoms with Crippen molar-refractivity contribution in [2.45, 2.75) is 25.3 Å². The maximum atomic E-state index is 14.6. The van der Waals surface area contributed by atoms with Gasteiger partial charge >= 0.3 is 0 Å². The van der Waals surface area contributed by atoms with Gasteiger partial charge in [-0.05, 0) is 38.0 Å². The van der Waals surface area contributed by atoms with Crippen molar-refractivity contribution in [1.29, 1.82) is 0 Å². The van der Waals surface area contributed by atoms with E-state index >= 15 is 0 Å². The molecule has 0 aliphatic carbocycles. The first kappa shape index (κ1) is 19.9. The van der Waals surface area contributed by atoms with E-state index in [9.17, 15) is 13.7 Å². The zero-order chi connectivity index (χ0) is 20.5. The second kappa shape index (κ2) is 7.78. The number of benzene rings is 2. The molecule has 2 aromatic rings. The minimum absolute atomic E-state index is 0.242. The third kappa shape index (κ3) is 3.88. The molecule has 2 atom stereocenters. The van der Waals surface area contributed by atoms with E-state index in [1.807, 2.05) is 6.07 Å². The summed E-state index contributed by atoms with van der Waals surface area (Å²) in [7, 11) is -2.50. The molecular formula is C21H25FN4O2S. The Kier molecular flexibility index (Phi) is 5.33. The van der Waals surface area contributed by atoms with Crippen LogP contribution in [0.1, 0.15) is 35.7 Å². The molecule has 29 heavy (non-hydrogen) atoms. The molecule has 0 spiro atoms. The highest BCUT2D eigenvalue weighted by Crippen LogP contribution is 2.53. The van der Waals surface area contributed by atoms with Gasteiger partial charge in [0.25, 0.3) is 5.91 Å². The predicted molar refractivity (Wildman–Crippen MR) is 114 cm³/mol. The van der Waals surface area contributed by atoms with Crippen molar-refractivity contribution in [3.63, 3.8) is 0 Å². The van der Waals surface area contributed by atoms with Crippen LogP contribution >= 0.6 is 10.7 Å². The molecule has 1 fully saturated rings. The van der Waals surface area contributed by atoms with Gasteiger partial charge in [-0.1, -0.05) is 36.4 Å². The first-order valence-electron chi connectivity index (χ1n) is 9.68. The molecule has 0 bridgehead atoms. The third-order valence-corrected chi connectivity index (χ3v) is 7.99. The highest BCUT2D eigenvalue weighted by molar-refractivity contribution is 8.26. The highest BCUT2D eigenvalue weighted by atomic mass is 32.3. The standard InChI is InChI=1S/C21H25FN4O2S/c1-21(17-11-5-6-12-18(17)22)15-29(28)23-13-7-8-14-26(29)20(25-21)24-19(27)16-9-3-2-4-10-16/h2-6,9-12,23,28H,7-8,13-15H2,1H3,(H,24,25,27)/t21-/m0/s1. The monoisotopic (exact) mass is 416 g/mol. The predicted octanol–water partition coefficient (Wildman–Crippen LogP) is 3.63. The Morgan fingerprint density at radius 2 is 1.93 bits per heavy atom. The fourth-order valence-corrected chi connectivity index (χ4v) is 6.52. The summed E-state index contributed by atoms with van der Waals surface area (Å²) in [4.78, 5) is 17.6. The van der Waals surface area contributed by atoms with Crippen LogP contribution < -0.4 is 10.0 Å². The highest BCUT2D eigenvalue weighted by Gasteiger charge is 2.46. The Hall–Kier alpha value is -2.42. The van der Waals surface area contributed by atoms with Crippen LogP contribution in [0.2, 0.25) is 0 Å². The number of aliphatic imine (C=N–C) groups is 1. The van der Waals surface area contributed by atoms with Crippen molar-refractivity contribution < 1.29 is 13.7 Å². The molecule has 2 heterocycles. The van der Waals surface area contributed by atoms with Crippen molar-refractivity contribution in [2.75, 3.05) is 18.8 Å². The van der Waals surface area contributed by atoms with Crippen LogP contribution in [0.3, 0.4) is 0 Å². The summed E-state index contributed by atoms with van der Waals surface area (Å²) < 4.78 is 31.2. The summed E-state index contributed by atoms with van der Waals surface area (Å²) in [5.74, 6) is -0.167. The molecule has 0 aromatic heterocycles. The molecule has 3 N–H and O–H groups in total. The Bertz CT molecular complexity index is 941. The van der Waals surface area contributed by atoms with Crippen LogP contribution in [-0.2, 0) is 5.54 Å². The first-order chi connectivity index (χ1) is 13.9. The zero-order valence-electron chi connectivity index (χ0n) is 16.3. The number of guanidine groups is 1. The van der Waals surface area contributed by atoms with Gasteiger partial charge in [0.05, 0.1) is 5.75 Å². The molecule has 4 rings (SSSR count). The van der Waals surface area contributed by atoms with Crippen molar-refractivity contribution in [3.05, 3.63) is 71.5 Å². The smallest absolute Gasteiger partial charge is 0.257 e. The zero-order valence-corrected chi connectivity index (χ0v) is 17.1. The van der Waals surface area contributed by atoms with E-state index in [1.165, 1.54) is 6.07 Å². The van der Waals surface area contributed by atoms with Crippen LogP contribution in [0.5, 0.6) is 0 Å². The van der Waals surface area contributed by atoms with E-state index in [2.05, 4.69) is 10.0 Å². The first-order valence-corrected chi connectivity index (χ1v) is 11.4. The number of hydrogen-bond donors (Lipinski definition) is 3. The molecule has 8 heteroatoms. The Morgan fingerprint density at radius 3 is 2.69 bits per heavy atom. The van der Waals surface area contributed by atoms with Gasteiger partial charge in [-0.3, -0.25) is 14.4 Å². The topological polar surface area (TPSA) is 77.0 Å². The molecule has 1 unspecified atom stereocenters. The molecule has 1 amide bonds. The summed E-state index contributed by atoms with van der Waals surface area (Å²) in [6, 6.07) is 15.3. The quantitative estimate of drug-likeness (QED) is 0.699. The second-order valence-electron chi connectivity index (χ2n) is 7.52. The minimum atomic E-state index is -2.50. The maximum Gasteiger partial charge on any atom is 0.257 e. The number of nitrogens with zero attached hydrogens (tertiary/aromatic N) is 2. The molecule has 2 aliphatic rings. The molecule has 6 nitrogen and oxygen atoms in total. The van der Waals surface area contributed by atoms with Gasteiger partial charge < -0.3 is 4.55 Å². The Labute approximate surface area is 171 Å². The lowest BCUT2D eigenvalue weighted by molar-refractivity contribution is 0.0973. The fourth-order valence-electron chi connectivity index (χ4n) is 3.83. The SMILES string of the molecule is C[C@@]1(c2ccccc2F)CS2(O)NCCCCN2C(NC(=O)c2ccccc2)=N1. The maximum absolute atomic E-state index is 14.6. The van der Waals surface area contributed by atoms with Crippen LogP contribution in [-0.4, -0.2) is 39.6 Å². The van der Waals surface area contributed by atoms with Crippen LogP contribution in [0, 0.1) is 5.82 Å². The second-order valence-corrected chi connectivity index (χ2v) is 9.88. The molecule has 0 saturated carbocycles. The van der Waals surface area contributed by atoms with Gasteiger partial charge in [0.1, 0.15) is 11.4 Å². The minimum Gasteiger partial charge on any atom is -0.321 e. The average molecular weight is 417 g/mol. The normalized spacial score (nSPS) is 29.1. The third-order valence-electron chi connectivity index (χ3n) is 5.27. The van der Waals surface area contributed by atoms with Gasteiger partial charge in [-0.2, -0.15) is 0 Å². The lowest BCUT2D eigenvalue weighted by Gasteiger charge is -2.51. The number of fused-ring (bicyclic) bond motifs is 1. The van der Waals surface area contributed by atoms with Crippen LogP contribution in [0.25, 0.3) is 0 Å². The Balaban J connectivity index is 1.77. The average Bonchev–Trinajstić information content (AvgIpc) is 2.90. The van der Waals surface area contributed by atoms with E-state index in [4.69, 9.17) is 4.99 Å². The summed E-state index contributed by atoms with van der Waals surface area (Å²) in [6.45, 7) is 3.03. The van der Waals surface area contributed by atoms with Crippen LogP contribution in [0.4, 0.5) is 4.39 Å². The molecule has 2 aliphatic heterocycles. The van der Waals surface area contributed by atoms with E-state index < -0.39 is 16.2 Å². The number of carbonyl (C=O) groups excluding carboxylic acids is 1. The van der Waals surface area contributed by atoms with Gasteiger partial charge in [0.15, 0.2) is 0 Å².